The van der Waals surface area contributed by atoms with E-state index in [2.05, 4.69) is 0 Å². The van der Waals surface area contributed by atoms with Gasteiger partial charge in [-0.3, -0.25) is 9.36 Å². The predicted molar refractivity (Wildman–Crippen MR) is 68.7 cm³/mol. The second kappa shape index (κ2) is 6.08. The van der Waals surface area contributed by atoms with Crippen molar-refractivity contribution < 1.29 is 31.9 Å². The van der Waals surface area contributed by atoms with Crippen molar-refractivity contribution in [2.24, 2.45) is 11.3 Å². The van der Waals surface area contributed by atoms with Gasteiger partial charge in [-0.15, -0.1) is 0 Å². The van der Waals surface area contributed by atoms with E-state index in [1.54, 1.807) is 6.92 Å². The molecule has 0 N–H and O–H groups in total. The molecule has 0 radical (unpaired) electrons. The molecule has 0 spiro atoms. The van der Waals surface area contributed by atoms with Gasteiger partial charge in [0.2, 0.25) is 0 Å². The number of rotatable bonds is 8. The van der Waals surface area contributed by atoms with Crippen LogP contribution in [0.2, 0.25) is 0 Å². The monoisotopic (exact) mass is 314 g/mol. The van der Waals surface area contributed by atoms with Crippen LogP contribution in [0.15, 0.2) is 0 Å². The fraction of sp³-hybridized carbons (Fsp3) is 0.917. The first-order valence-electron chi connectivity index (χ1n) is 6.63. The number of esters is 1. The Morgan fingerprint density at radius 3 is 2.15 bits per heavy atom. The van der Waals surface area contributed by atoms with Gasteiger partial charge < -0.3 is 13.8 Å². The van der Waals surface area contributed by atoms with Crippen LogP contribution >= 0.6 is 7.60 Å². The highest BCUT2D eigenvalue weighted by molar-refractivity contribution is 7.55. The maximum Gasteiger partial charge on any atom is 0.399 e. The van der Waals surface area contributed by atoms with Crippen molar-refractivity contribution in [1.29, 1.82) is 0 Å². The standard InChI is InChI=1S/C12H21F2O5P/c1-5-17-10(15)11(4)8-9(11)12(13,14)20(16,18-6-2)19-7-3/h9H,5-8H2,1-4H3/t9-,11-/m0/s1. The molecule has 118 valence electrons. The summed E-state index contributed by atoms with van der Waals surface area (Å²) in [5.74, 6) is -2.10. The predicted octanol–water partition coefficient (Wildman–Crippen LogP) is 3.43. The second-order valence-corrected chi connectivity index (χ2v) is 6.92. The van der Waals surface area contributed by atoms with Crippen LogP contribution in [0.5, 0.6) is 0 Å². The molecule has 0 bridgehead atoms. The van der Waals surface area contributed by atoms with Crippen LogP contribution in [0.3, 0.4) is 0 Å². The third-order valence-electron chi connectivity index (χ3n) is 3.36. The summed E-state index contributed by atoms with van der Waals surface area (Å²) in [5.41, 5.74) is -5.04. The average Bonchev–Trinajstić information content (AvgIpc) is 3.05. The zero-order valence-electron chi connectivity index (χ0n) is 12.2. The van der Waals surface area contributed by atoms with E-state index < -0.39 is 30.6 Å². The lowest BCUT2D eigenvalue weighted by atomic mass is 10.1. The van der Waals surface area contributed by atoms with Gasteiger partial charge in [-0.05, 0) is 34.1 Å². The summed E-state index contributed by atoms with van der Waals surface area (Å²) in [6, 6.07) is 0. The first-order valence-corrected chi connectivity index (χ1v) is 8.18. The third-order valence-corrected chi connectivity index (χ3v) is 5.60. The Kier molecular flexibility index (Phi) is 5.33. The lowest BCUT2D eigenvalue weighted by Crippen LogP contribution is -2.29. The number of halogens is 2. The molecule has 0 saturated heterocycles. The molecule has 2 atom stereocenters. The van der Waals surface area contributed by atoms with Crippen molar-refractivity contribution in [3.8, 4) is 0 Å². The van der Waals surface area contributed by atoms with Crippen molar-refractivity contribution >= 4 is 13.6 Å². The van der Waals surface area contributed by atoms with Gasteiger partial charge in [0.15, 0.2) is 0 Å². The van der Waals surface area contributed by atoms with Crippen LogP contribution in [0.4, 0.5) is 8.78 Å². The topological polar surface area (TPSA) is 61.8 Å². The molecule has 1 saturated carbocycles. The maximum absolute atomic E-state index is 14.4. The van der Waals surface area contributed by atoms with Crippen LogP contribution in [0.1, 0.15) is 34.1 Å². The summed E-state index contributed by atoms with van der Waals surface area (Å²) in [4.78, 5) is 11.7. The molecule has 0 aromatic heterocycles. The normalized spacial score (nSPS) is 26.4. The second-order valence-electron chi connectivity index (χ2n) is 4.82. The van der Waals surface area contributed by atoms with Gasteiger partial charge in [0.05, 0.1) is 31.2 Å². The molecule has 1 rings (SSSR count). The lowest BCUT2D eigenvalue weighted by molar-refractivity contribution is -0.151. The van der Waals surface area contributed by atoms with Crippen molar-refractivity contribution in [2.75, 3.05) is 19.8 Å². The van der Waals surface area contributed by atoms with E-state index in [1.807, 2.05) is 0 Å². The van der Waals surface area contributed by atoms with Crippen molar-refractivity contribution in [3.05, 3.63) is 0 Å². The molecular formula is C12H21F2O5P. The molecule has 20 heavy (non-hydrogen) atoms. The highest BCUT2D eigenvalue weighted by Gasteiger charge is 2.74. The third kappa shape index (κ3) is 2.90. The van der Waals surface area contributed by atoms with Gasteiger partial charge in [0.25, 0.3) is 0 Å². The van der Waals surface area contributed by atoms with E-state index in [4.69, 9.17) is 13.8 Å². The van der Waals surface area contributed by atoms with Crippen molar-refractivity contribution in [1.82, 2.24) is 0 Å². The quantitative estimate of drug-likeness (QED) is 0.507. The smallest absolute Gasteiger partial charge is 0.399 e. The zero-order chi connectivity index (χ0) is 15.6. The summed E-state index contributed by atoms with van der Waals surface area (Å²) >= 11 is 0. The lowest BCUT2D eigenvalue weighted by Gasteiger charge is -2.27. The molecular weight excluding hydrogens is 293 g/mol. The molecule has 1 fully saturated rings. The molecule has 0 aliphatic heterocycles. The number of carbonyl (C=O) groups excluding carboxylic acids is 1. The van der Waals surface area contributed by atoms with Crippen LogP contribution in [0.25, 0.3) is 0 Å². The Morgan fingerprint density at radius 1 is 1.25 bits per heavy atom. The maximum atomic E-state index is 14.4. The molecule has 0 heterocycles. The fourth-order valence-corrected chi connectivity index (χ4v) is 3.99. The molecule has 8 heteroatoms. The van der Waals surface area contributed by atoms with Crippen LogP contribution in [0, 0.1) is 11.3 Å². The van der Waals surface area contributed by atoms with E-state index in [-0.39, 0.29) is 26.2 Å². The Morgan fingerprint density at radius 2 is 1.75 bits per heavy atom. The van der Waals surface area contributed by atoms with Crippen LogP contribution in [-0.2, 0) is 23.1 Å². The number of ether oxygens (including phenoxy) is 1. The summed E-state index contributed by atoms with van der Waals surface area (Å²) in [6.45, 7) is 5.69. The molecule has 0 aromatic rings. The Hall–Kier alpha value is -0.520. The molecule has 1 aliphatic carbocycles. The minimum atomic E-state index is -4.60. The number of hydrogen-bond acceptors (Lipinski definition) is 5. The Bertz CT molecular complexity index is 405. The van der Waals surface area contributed by atoms with E-state index in [1.165, 1.54) is 20.8 Å². The summed E-state index contributed by atoms with van der Waals surface area (Å²) in [7, 11) is -4.60. The fourth-order valence-electron chi connectivity index (χ4n) is 2.13. The van der Waals surface area contributed by atoms with Crippen molar-refractivity contribution in [2.45, 2.75) is 39.8 Å². The van der Waals surface area contributed by atoms with E-state index in [0.717, 1.165) is 0 Å². The first kappa shape index (κ1) is 17.5. The van der Waals surface area contributed by atoms with Gasteiger partial charge in [-0.2, -0.15) is 8.78 Å². The number of alkyl halides is 2. The summed E-state index contributed by atoms with van der Waals surface area (Å²) in [5, 5.41) is 0. The van der Waals surface area contributed by atoms with Crippen molar-refractivity contribution in [3.63, 3.8) is 0 Å². The highest BCUT2D eigenvalue weighted by atomic mass is 31.2. The molecule has 5 nitrogen and oxygen atoms in total. The van der Waals surface area contributed by atoms with E-state index >= 15 is 0 Å². The molecule has 0 unspecified atom stereocenters. The largest absolute Gasteiger partial charge is 0.466 e. The minimum Gasteiger partial charge on any atom is -0.466 e. The van der Waals surface area contributed by atoms with Gasteiger partial charge in [0, 0.05) is 0 Å². The summed E-state index contributed by atoms with van der Waals surface area (Å²) in [6.07, 6.45) is -0.0943. The van der Waals surface area contributed by atoms with Gasteiger partial charge >= 0.3 is 19.2 Å². The average molecular weight is 314 g/mol. The van der Waals surface area contributed by atoms with E-state index in [9.17, 15) is 18.1 Å². The Balaban J connectivity index is 2.94. The molecule has 0 aromatic carbocycles. The first-order chi connectivity index (χ1) is 9.19. The SMILES string of the molecule is CCOC(=O)[C@@]1(C)C[C@@H]1C(F)(F)P(=O)(OCC)OCC. The van der Waals surface area contributed by atoms with Crippen LogP contribution < -0.4 is 0 Å². The minimum absolute atomic E-state index is 0.0943. The van der Waals surface area contributed by atoms with E-state index in [0.29, 0.717) is 0 Å². The molecule has 0 amide bonds. The summed E-state index contributed by atoms with van der Waals surface area (Å²) < 4.78 is 55.2. The highest BCUT2D eigenvalue weighted by Crippen LogP contribution is 2.74. The van der Waals surface area contributed by atoms with Gasteiger partial charge in [-0.1, -0.05) is 0 Å². The van der Waals surface area contributed by atoms with Crippen LogP contribution in [-0.4, -0.2) is 31.5 Å². The zero-order valence-corrected chi connectivity index (χ0v) is 13.0. The molecule has 1 aliphatic rings. The number of hydrogen-bond donors (Lipinski definition) is 0. The Labute approximate surface area is 117 Å². The number of carbonyl (C=O) groups is 1. The van der Waals surface area contributed by atoms with Gasteiger partial charge in [-0.25, -0.2) is 0 Å². The van der Waals surface area contributed by atoms with Gasteiger partial charge in [0.1, 0.15) is 0 Å².